The molecule has 0 bridgehead atoms. The van der Waals surface area contributed by atoms with Gasteiger partial charge in [0.1, 0.15) is 5.65 Å². The van der Waals surface area contributed by atoms with Crippen molar-refractivity contribution in [1.29, 1.82) is 0 Å². The third kappa shape index (κ3) is 4.91. The van der Waals surface area contributed by atoms with Crippen molar-refractivity contribution in [3.05, 3.63) is 119 Å². The van der Waals surface area contributed by atoms with E-state index in [9.17, 15) is 13.6 Å². The molecule has 1 aliphatic rings. The van der Waals surface area contributed by atoms with Crippen molar-refractivity contribution >= 4 is 33.9 Å². The molecule has 3 aromatic carbocycles. The molecule has 1 amide bonds. The molecule has 2 heterocycles. The van der Waals surface area contributed by atoms with E-state index in [0.29, 0.717) is 29.3 Å². The largest absolute Gasteiger partial charge is 0.325 e. The second kappa shape index (κ2) is 10.2. The number of carbonyl (C=O) groups is 1. The molecule has 0 radical (unpaired) electrons. The Bertz CT molecular complexity index is 1710. The standard InChI is InChI=1S/C32H29N3O3S/c1-21-18-22(2)33-31-28(21)19-30(25-16-17-25)34(31)20-23-12-14-24(15-13-23)27-10-6-7-11-29(27)35(39(37)38)32(36)26-8-4-3-5-9-26/h3-15,18-19,25H,16-17,20H2,1-2H3,(H,37,38). The van der Waals surface area contributed by atoms with E-state index in [2.05, 4.69) is 35.8 Å². The van der Waals surface area contributed by atoms with Crippen molar-refractivity contribution in [2.75, 3.05) is 4.31 Å². The number of amides is 1. The van der Waals surface area contributed by atoms with E-state index < -0.39 is 17.2 Å². The highest BCUT2D eigenvalue weighted by Crippen LogP contribution is 2.43. The van der Waals surface area contributed by atoms with Crippen LogP contribution in [0.2, 0.25) is 0 Å². The van der Waals surface area contributed by atoms with Crippen molar-refractivity contribution in [2.24, 2.45) is 0 Å². The molecule has 6 nitrogen and oxygen atoms in total. The van der Waals surface area contributed by atoms with Crippen LogP contribution in [-0.4, -0.2) is 24.2 Å². The van der Waals surface area contributed by atoms with E-state index in [0.717, 1.165) is 26.8 Å². The highest BCUT2D eigenvalue weighted by molar-refractivity contribution is 7.81. The van der Waals surface area contributed by atoms with E-state index in [4.69, 9.17) is 4.98 Å². The van der Waals surface area contributed by atoms with E-state index in [-0.39, 0.29) is 0 Å². The molecule has 39 heavy (non-hydrogen) atoms. The SMILES string of the molecule is Cc1cc(C)c2cc(C3CC3)n(Cc3ccc(-c4ccccc4N(C(=O)c4ccccc4)S(=O)O)cc3)c2n1. The zero-order valence-electron chi connectivity index (χ0n) is 21.9. The molecule has 196 valence electrons. The topological polar surface area (TPSA) is 75.4 Å². The summed E-state index contributed by atoms with van der Waals surface area (Å²) in [5.74, 6) is 0.0585. The van der Waals surface area contributed by atoms with Crippen molar-refractivity contribution in [2.45, 2.75) is 39.2 Å². The summed E-state index contributed by atoms with van der Waals surface area (Å²) in [4.78, 5) is 18.1. The number of carbonyl (C=O) groups excluding carboxylic acids is 1. The molecule has 7 heteroatoms. The summed E-state index contributed by atoms with van der Waals surface area (Å²) in [6, 6.07) is 28.4. The Balaban J connectivity index is 1.34. The predicted molar refractivity (Wildman–Crippen MR) is 156 cm³/mol. The Morgan fingerprint density at radius 3 is 2.36 bits per heavy atom. The number of aromatic nitrogens is 2. The Labute approximate surface area is 230 Å². The normalized spacial score (nSPS) is 13.9. The van der Waals surface area contributed by atoms with Crippen LogP contribution in [0.25, 0.3) is 22.2 Å². The number of hydrogen-bond acceptors (Lipinski definition) is 3. The van der Waals surface area contributed by atoms with Crippen LogP contribution in [0.4, 0.5) is 5.69 Å². The summed E-state index contributed by atoms with van der Waals surface area (Å²) in [5.41, 5.74) is 8.07. The molecule has 1 N–H and O–H groups in total. The van der Waals surface area contributed by atoms with Gasteiger partial charge in [-0.1, -0.05) is 60.7 Å². The lowest BCUT2D eigenvalue weighted by atomic mass is 10.0. The second-order valence-electron chi connectivity index (χ2n) is 10.2. The number of hydrogen-bond donors (Lipinski definition) is 1. The molecular formula is C32H29N3O3S. The molecular weight excluding hydrogens is 506 g/mol. The van der Waals surface area contributed by atoms with Gasteiger partial charge < -0.3 is 4.57 Å². The van der Waals surface area contributed by atoms with Gasteiger partial charge in [0.15, 0.2) is 0 Å². The maximum Gasteiger partial charge on any atom is 0.272 e. The van der Waals surface area contributed by atoms with Gasteiger partial charge in [-0.15, -0.1) is 0 Å². The van der Waals surface area contributed by atoms with Gasteiger partial charge in [0.2, 0.25) is 0 Å². The van der Waals surface area contributed by atoms with Crippen LogP contribution in [0.3, 0.4) is 0 Å². The van der Waals surface area contributed by atoms with Crippen LogP contribution in [0.15, 0.2) is 91.0 Å². The van der Waals surface area contributed by atoms with Crippen molar-refractivity contribution < 1.29 is 13.6 Å². The van der Waals surface area contributed by atoms with Crippen LogP contribution < -0.4 is 4.31 Å². The van der Waals surface area contributed by atoms with Crippen molar-refractivity contribution in [3.8, 4) is 11.1 Å². The Morgan fingerprint density at radius 2 is 1.67 bits per heavy atom. The predicted octanol–water partition coefficient (Wildman–Crippen LogP) is 7.03. The first-order valence-corrected chi connectivity index (χ1v) is 14.1. The molecule has 6 rings (SSSR count). The summed E-state index contributed by atoms with van der Waals surface area (Å²) in [7, 11) is 0. The van der Waals surface area contributed by atoms with Crippen LogP contribution in [0.1, 0.15) is 51.6 Å². The maximum absolute atomic E-state index is 13.2. The molecule has 0 spiro atoms. The average Bonchev–Trinajstić information content (AvgIpc) is 3.72. The fourth-order valence-corrected chi connectivity index (χ4v) is 5.85. The van der Waals surface area contributed by atoms with Gasteiger partial charge in [0.05, 0.1) is 5.69 Å². The van der Waals surface area contributed by atoms with Crippen LogP contribution >= 0.6 is 0 Å². The first-order chi connectivity index (χ1) is 18.9. The van der Waals surface area contributed by atoms with Gasteiger partial charge in [-0.25, -0.2) is 13.5 Å². The maximum atomic E-state index is 13.2. The van der Waals surface area contributed by atoms with E-state index in [1.165, 1.54) is 29.5 Å². The molecule has 1 unspecified atom stereocenters. The summed E-state index contributed by atoms with van der Waals surface area (Å²) in [6.45, 7) is 4.90. The van der Waals surface area contributed by atoms with Crippen LogP contribution in [-0.2, 0) is 17.8 Å². The summed E-state index contributed by atoms with van der Waals surface area (Å²) >= 11 is -2.54. The first kappa shape index (κ1) is 25.2. The zero-order chi connectivity index (χ0) is 27.1. The Kier molecular flexibility index (Phi) is 6.62. The smallest absolute Gasteiger partial charge is 0.272 e. The van der Waals surface area contributed by atoms with Crippen molar-refractivity contribution in [1.82, 2.24) is 9.55 Å². The fraction of sp³-hybridized carbons (Fsp3) is 0.188. The van der Waals surface area contributed by atoms with E-state index in [1.807, 2.05) is 31.2 Å². The molecule has 1 fully saturated rings. The quantitative estimate of drug-likeness (QED) is 0.227. The molecule has 1 saturated carbocycles. The number of anilines is 1. The number of para-hydroxylation sites is 1. The number of pyridine rings is 1. The van der Waals surface area contributed by atoms with Gasteiger partial charge in [-0.05, 0) is 79.6 Å². The van der Waals surface area contributed by atoms with Gasteiger partial charge in [0, 0.05) is 34.4 Å². The average molecular weight is 536 g/mol. The molecule has 0 aliphatic heterocycles. The summed E-state index contributed by atoms with van der Waals surface area (Å²) in [5, 5.41) is 1.22. The minimum absolute atomic E-state index is 0.342. The first-order valence-electron chi connectivity index (χ1n) is 13.1. The minimum atomic E-state index is -2.54. The highest BCUT2D eigenvalue weighted by atomic mass is 32.2. The monoisotopic (exact) mass is 535 g/mol. The third-order valence-corrected chi connectivity index (χ3v) is 7.99. The molecule has 1 atom stereocenters. The Morgan fingerprint density at radius 1 is 0.974 bits per heavy atom. The lowest BCUT2D eigenvalue weighted by Crippen LogP contribution is -2.32. The molecule has 2 aromatic heterocycles. The second-order valence-corrected chi connectivity index (χ2v) is 11.0. The van der Waals surface area contributed by atoms with Gasteiger partial charge in [-0.2, -0.15) is 0 Å². The molecule has 0 saturated heterocycles. The number of nitrogens with zero attached hydrogens (tertiary/aromatic N) is 3. The fourth-order valence-electron chi connectivity index (χ4n) is 5.27. The number of fused-ring (bicyclic) bond motifs is 1. The van der Waals surface area contributed by atoms with E-state index in [1.54, 1.807) is 42.5 Å². The molecule has 1 aliphatic carbocycles. The number of rotatable bonds is 7. The third-order valence-electron chi connectivity index (χ3n) is 7.32. The van der Waals surface area contributed by atoms with Crippen LogP contribution in [0, 0.1) is 13.8 Å². The van der Waals surface area contributed by atoms with Gasteiger partial charge >= 0.3 is 0 Å². The number of aryl methyl sites for hydroxylation is 2. The zero-order valence-corrected chi connectivity index (χ0v) is 22.7. The Hall–Kier alpha value is -4.07. The van der Waals surface area contributed by atoms with Gasteiger partial charge in [0.25, 0.3) is 17.2 Å². The van der Waals surface area contributed by atoms with Crippen molar-refractivity contribution in [3.63, 3.8) is 0 Å². The summed E-state index contributed by atoms with van der Waals surface area (Å²) < 4.78 is 25.8. The van der Waals surface area contributed by atoms with Gasteiger partial charge in [-0.3, -0.25) is 9.35 Å². The minimum Gasteiger partial charge on any atom is -0.325 e. The lowest BCUT2D eigenvalue weighted by Gasteiger charge is -2.21. The molecule has 5 aromatic rings. The summed E-state index contributed by atoms with van der Waals surface area (Å²) in [6.07, 6.45) is 2.43. The lowest BCUT2D eigenvalue weighted by molar-refractivity contribution is 0.100. The van der Waals surface area contributed by atoms with Crippen LogP contribution in [0.5, 0.6) is 0 Å². The number of benzene rings is 3. The van der Waals surface area contributed by atoms with E-state index >= 15 is 0 Å². The highest BCUT2D eigenvalue weighted by Gasteiger charge is 2.29.